The highest BCUT2D eigenvalue weighted by atomic mass is 16.5. The number of ether oxygens (including phenoxy) is 1. The maximum Gasteiger partial charge on any atom is 0.307 e. The molecule has 112 valence electrons. The van der Waals surface area contributed by atoms with Crippen molar-refractivity contribution in [1.82, 2.24) is 4.90 Å². The molecule has 1 aliphatic rings. The van der Waals surface area contributed by atoms with Gasteiger partial charge in [-0.2, -0.15) is 0 Å². The molecule has 1 rings (SSSR count). The van der Waals surface area contributed by atoms with E-state index in [0.717, 1.165) is 13.1 Å². The zero-order valence-electron chi connectivity index (χ0n) is 13.4. The minimum absolute atomic E-state index is 0.0471. The van der Waals surface area contributed by atoms with E-state index in [1.165, 1.54) is 19.3 Å². The lowest BCUT2D eigenvalue weighted by Crippen LogP contribution is -2.47. The molecule has 0 N–H and O–H groups in total. The van der Waals surface area contributed by atoms with Crippen LogP contribution in [0.1, 0.15) is 60.3 Å². The van der Waals surface area contributed by atoms with E-state index in [-0.39, 0.29) is 11.4 Å². The van der Waals surface area contributed by atoms with Gasteiger partial charge in [-0.3, -0.25) is 9.69 Å². The number of hydrogen-bond donors (Lipinski definition) is 0. The van der Waals surface area contributed by atoms with Gasteiger partial charge in [0.05, 0.1) is 13.0 Å². The summed E-state index contributed by atoms with van der Waals surface area (Å²) in [6, 6.07) is 0.319. The summed E-state index contributed by atoms with van der Waals surface area (Å²) >= 11 is 0. The molecule has 0 aromatic heterocycles. The quantitative estimate of drug-likeness (QED) is 0.716. The van der Waals surface area contributed by atoms with Gasteiger partial charge in [-0.15, -0.1) is 0 Å². The second-order valence-corrected chi connectivity index (χ2v) is 6.83. The van der Waals surface area contributed by atoms with Crippen LogP contribution in [-0.2, 0) is 9.53 Å². The molecule has 3 nitrogen and oxygen atoms in total. The fraction of sp³-hybridized carbons (Fsp3) is 0.938. The van der Waals surface area contributed by atoms with E-state index in [1.54, 1.807) is 0 Å². The van der Waals surface area contributed by atoms with Crippen molar-refractivity contribution in [3.8, 4) is 0 Å². The Morgan fingerprint density at radius 1 is 1.21 bits per heavy atom. The lowest BCUT2D eigenvalue weighted by atomic mass is 9.75. The fourth-order valence-corrected chi connectivity index (χ4v) is 2.84. The average Bonchev–Trinajstić information content (AvgIpc) is 2.35. The average molecular weight is 269 g/mol. The number of nitrogens with zero attached hydrogens (tertiary/aromatic N) is 1. The number of hydrogen-bond acceptors (Lipinski definition) is 3. The summed E-state index contributed by atoms with van der Waals surface area (Å²) < 4.78 is 5.16. The van der Waals surface area contributed by atoms with Gasteiger partial charge in [0.2, 0.25) is 0 Å². The predicted octanol–water partition coefficient (Wildman–Crippen LogP) is 3.48. The van der Waals surface area contributed by atoms with Gasteiger partial charge in [-0.25, -0.2) is 0 Å². The lowest BCUT2D eigenvalue weighted by molar-refractivity contribution is -0.145. The molecular formula is C16H31NO2. The minimum atomic E-state index is -0.0471. The van der Waals surface area contributed by atoms with Crippen LogP contribution in [-0.4, -0.2) is 36.6 Å². The third kappa shape index (κ3) is 5.13. The van der Waals surface area contributed by atoms with Crippen molar-refractivity contribution in [1.29, 1.82) is 0 Å². The summed E-state index contributed by atoms with van der Waals surface area (Å²) in [6.45, 7) is 13.7. The summed E-state index contributed by atoms with van der Waals surface area (Å²) in [4.78, 5) is 14.4. The molecule has 19 heavy (non-hydrogen) atoms. The molecule has 2 atom stereocenters. The Hall–Kier alpha value is -0.570. The molecule has 1 aliphatic heterocycles. The van der Waals surface area contributed by atoms with Crippen LogP contribution in [0.5, 0.6) is 0 Å². The molecule has 0 saturated carbocycles. The van der Waals surface area contributed by atoms with Crippen LogP contribution in [0.3, 0.4) is 0 Å². The first kappa shape index (κ1) is 16.5. The first-order valence-electron chi connectivity index (χ1n) is 7.76. The molecule has 1 saturated heterocycles. The van der Waals surface area contributed by atoms with Crippen molar-refractivity contribution >= 4 is 5.97 Å². The maximum atomic E-state index is 11.9. The second kappa shape index (κ2) is 7.28. The Kier molecular flexibility index (Phi) is 6.31. The number of likely N-dealkylation sites (tertiary alicyclic amines) is 1. The van der Waals surface area contributed by atoms with Crippen LogP contribution in [0.25, 0.3) is 0 Å². The van der Waals surface area contributed by atoms with Crippen molar-refractivity contribution in [2.45, 2.75) is 66.3 Å². The summed E-state index contributed by atoms with van der Waals surface area (Å²) in [6.07, 6.45) is 4.38. The van der Waals surface area contributed by atoms with Crippen LogP contribution < -0.4 is 0 Å². The summed E-state index contributed by atoms with van der Waals surface area (Å²) in [7, 11) is 0. The van der Waals surface area contributed by atoms with Gasteiger partial charge in [-0.1, -0.05) is 34.1 Å². The highest BCUT2D eigenvalue weighted by molar-refractivity contribution is 5.70. The van der Waals surface area contributed by atoms with Crippen molar-refractivity contribution in [3.05, 3.63) is 0 Å². The fourth-order valence-electron chi connectivity index (χ4n) is 2.84. The zero-order chi connectivity index (χ0) is 14.5. The third-order valence-electron chi connectivity index (χ3n) is 4.48. The normalized spacial score (nSPS) is 20.9. The number of piperidine rings is 1. The van der Waals surface area contributed by atoms with Crippen molar-refractivity contribution in [2.75, 3.05) is 19.7 Å². The van der Waals surface area contributed by atoms with Gasteiger partial charge in [0.1, 0.15) is 0 Å². The second-order valence-electron chi connectivity index (χ2n) is 6.83. The van der Waals surface area contributed by atoms with Crippen LogP contribution in [0.4, 0.5) is 0 Å². The van der Waals surface area contributed by atoms with E-state index in [4.69, 9.17) is 4.74 Å². The first-order valence-corrected chi connectivity index (χ1v) is 7.76. The largest absolute Gasteiger partial charge is 0.466 e. The molecule has 0 spiro atoms. The molecule has 1 fully saturated rings. The number of rotatable bonds is 5. The van der Waals surface area contributed by atoms with Crippen LogP contribution in [0, 0.1) is 11.3 Å². The van der Waals surface area contributed by atoms with E-state index in [2.05, 4.69) is 32.6 Å². The standard InChI is InChI=1S/C16H31NO2/c1-6-19-15(18)12-14(13(2)16(3,4)5)17-10-8-7-9-11-17/h13-14H,6-12H2,1-5H3. The van der Waals surface area contributed by atoms with E-state index in [9.17, 15) is 4.79 Å². The molecule has 0 aliphatic carbocycles. The Bertz CT molecular complexity index is 277. The molecule has 0 amide bonds. The van der Waals surface area contributed by atoms with E-state index in [1.807, 2.05) is 6.92 Å². The Balaban J connectivity index is 2.74. The summed E-state index contributed by atoms with van der Waals surface area (Å²) in [5.74, 6) is 0.434. The summed E-state index contributed by atoms with van der Waals surface area (Å²) in [5, 5.41) is 0. The van der Waals surface area contributed by atoms with Crippen LogP contribution >= 0.6 is 0 Å². The van der Waals surface area contributed by atoms with E-state index < -0.39 is 0 Å². The van der Waals surface area contributed by atoms with E-state index >= 15 is 0 Å². The van der Waals surface area contributed by atoms with Gasteiger partial charge in [0.15, 0.2) is 0 Å². The number of carbonyl (C=O) groups is 1. The molecular weight excluding hydrogens is 238 g/mol. The minimum Gasteiger partial charge on any atom is -0.466 e. The SMILES string of the molecule is CCOC(=O)CC(C(C)C(C)(C)C)N1CCCCC1. The van der Waals surface area contributed by atoms with Crippen LogP contribution in [0.15, 0.2) is 0 Å². The zero-order valence-corrected chi connectivity index (χ0v) is 13.4. The van der Waals surface area contributed by atoms with E-state index in [0.29, 0.717) is 25.0 Å². The summed E-state index contributed by atoms with van der Waals surface area (Å²) in [5.41, 5.74) is 0.217. The van der Waals surface area contributed by atoms with Crippen LogP contribution in [0.2, 0.25) is 0 Å². The molecule has 0 aromatic carbocycles. The van der Waals surface area contributed by atoms with Crippen molar-refractivity contribution < 1.29 is 9.53 Å². The maximum absolute atomic E-state index is 11.9. The number of carbonyl (C=O) groups excluding carboxylic acids is 1. The van der Waals surface area contributed by atoms with Crippen molar-refractivity contribution in [3.63, 3.8) is 0 Å². The van der Waals surface area contributed by atoms with Gasteiger partial charge >= 0.3 is 5.97 Å². The molecule has 1 heterocycles. The van der Waals surface area contributed by atoms with Gasteiger partial charge in [0, 0.05) is 6.04 Å². The van der Waals surface area contributed by atoms with Crippen molar-refractivity contribution in [2.24, 2.45) is 11.3 Å². The number of esters is 1. The third-order valence-corrected chi connectivity index (χ3v) is 4.48. The smallest absolute Gasteiger partial charge is 0.307 e. The molecule has 0 radical (unpaired) electrons. The molecule has 0 bridgehead atoms. The Morgan fingerprint density at radius 2 is 1.79 bits per heavy atom. The van der Waals surface area contributed by atoms with Gasteiger partial charge in [0.25, 0.3) is 0 Å². The monoisotopic (exact) mass is 269 g/mol. The Labute approximate surface area is 118 Å². The highest BCUT2D eigenvalue weighted by Gasteiger charge is 2.34. The first-order chi connectivity index (χ1) is 8.86. The predicted molar refractivity (Wildman–Crippen MR) is 79.1 cm³/mol. The lowest BCUT2D eigenvalue weighted by Gasteiger charge is -2.42. The Morgan fingerprint density at radius 3 is 2.26 bits per heavy atom. The topological polar surface area (TPSA) is 29.5 Å². The molecule has 2 unspecified atom stereocenters. The highest BCUT2D eigenvalue weighted by Crippen LogP contribution is 2.33. The molecule has 0 aromatic rings. The van der Waals surface area contributed by atoms with Gasteiger partial charge in [-0.05, 0) is 44.2 Å². The molecule has 3 heteroatoms. The van der Waals surface area contributed by atoms with Gasteiger partial charge < -0.3 is 4.74 Å².